The van der Waals surface area contributed by atoms with Gasteiger partial charge >= 0.3 is 0 Å². The summed E-state index contributed by atoms with van der Waals surface area (Å²) >= 11 is 0. The Hall–Kier alpha value is -1.56. The summed E-state index contributed by atoms with van der Waals surface area (Å²) in [6.45, 7) is 12.8. The van der Waals surface area contributed by atoms with Gasteiger partial charge in [-0.15, -0.1) is 0 Å². The second-order valence-electron chi connectivity index (χ2n) is 6.56. The first-order valence-electron chi connectivity index (χ1n) is 8.20. The van der Waals surface area contributed by atoms with Gasteiger partial charge in [-0.25, -0.2) is 0 Å². The number of aromatic nitrogens is 2. The van der Waals surface area contributed by atoms with Crippen molar-refractivity contribution in [3.63, 3.8) is 0 Å². The van der Waals surface area contributed by atoms with Gasteiger partial charge in [0, 0.05) is 45.0 Å². The van der Waals surface area contributed by atoms with E-state index in [4.69, 9.17) is 0 Å². The summed E-state index contributed by atoms with van der Waals surface area (Å²) in [4.78, 5) is 6.85. The van der Waals surface area contributed by atoms with Crippen LogP contribution in [0.1, 0.15) is 26.3 Å². The molecule has 2 N–H and O–H groups in total. The minimum Gasteiger partial charge on any atom is -0.355 e. The van der Waals surface area contributed by atoms with Crippen LogP contribution in [0.25, 0.3) is 0 Å². The highest BCUT2D eigenvalue weighted by molar-refractivity contribution is 5.80. The van der Waals surface area contributed by atoms with Crippen LogP contribution in [0.3, 0.4) is 0 Å². The zero-order valence-corrected chi connectivity index (χ0v) is 14.5. The zero-order chi connectivity index (χ0) is 16.1. The Morgan fingerprint density at radius 3 is 2.77 bits per heavy atom. The topological polar surface area (TPSA) is 57.5 Å². The van der Waals surface area contributed by atoms with Crippen LogP contribution in [0.5, 0.6) is 0 Å². The maximum absolute atomic E-state index is 4.34. The van der Waals surface area contributed by atoms with Crippen LogP contribution in [0.4, 0.5) is 0 Å². The summed E-state index contributed by atoms with van der Waals surface area (Å²) in [7, 11) is 1.83. The number of aliphatic imine (C=N–C) groups is 1. The van der Waals surface area contributed by atoms with Gasteiger partial charge in [0.1, 0.15) is 0 Å². The number of hydrogen-bond acceptors (Lipinski definition) is 3. The van der Waals surface area contributed by atoms with Gasteiger partial charge in [0.15, 0.2) is 5.96 Å². The number of guanidine groups is 1. The number of hydrogen-bond donors (Lipinski definition) is 2. The summed E-state index contributed by atoms with van der Waals surface area (Å²) in [5, 5.41) is 11.2. The van der Waals surface area contributed by atoms with Crippen LogP contribution in [0, 0.1) is 12.8 Å². The summed E-state index contributed by atoms with van der Waals surface area (Å²) in [5.41, 5.74) is 1.19. The van der Waals surface area contributed by atoms with Crippen LogP contribution < -0.4 is 10.6 Å². The third-order valence-electron chi connectivity index (χ3n) is 4.31. The molecule has 1 aliphatic rings. The lowest BCUT2D eigenvalue weighted by Gasteiger charge is -2.21. The molecule has 2 atom stereocenters. The quantitative estimate of drug-likeness (QED) is 0.631. The maximum atomic E-state index is 4.34. The molecule has 0 amide bonds. The average Bonchev–Trinajstić information content (AvgIpc) is 3.04. The highest BCUT2D eigenvalue weighted by Crippen LogP contribution is 2.18. The van der Waals surface area contributed by atoms with E-state index in [1.54, 1.807) is 0 Å². The Labute approximate surface area is 134 Å². The molecule has 1 aliphatic heterocycles. The molecule has 6 heteroatoms. The van der Waals surface area contributed by atoms with Crippen LogP contribution >= 0.6 is 0 Å². The van der Waals surface area contributed by atoms with E-state index in [2.05, 4.69) is 59.5 Å². The molecule has 1 saturated heterocycles. The van der Waals surface area contributed by atoms with E-state index in [-0.39, 0.29) is 0 Å². The van der Waals surface area contributed by atoms with Crippen molar-refractivity contribution >= 4 is 5.96 Å². The van der Waals surface area contributed by atoms with E-state index in [1.165, 1.54) is 5.56 Å². The van der Waals surface area contributed by atoms with Crippen molar-refractivity contribution < 1.29 is 0 Å². The monoisotopic (exact) mass is 306 g/mol. The van der Waals surface area contributed by atoms with Crippen molar-refractivity contribution in [1.82, 2.24) is 25.3 Å². The Morgan fingerprint density at radius 2 is 2.23 bits per heavy atom. The molecule has 0 bridgehead atoms. The number of aryl methyl sites for hydroxylation is 1. The van der Waals surface area contributed by atoms with Crippen LogP contribution in [-0.2, 0) is 6.54 Å². The van der Waals surface area contributed by atoms with Crippen molar-refractivity contribution in [2.75, 3.05) is 26.7 Å². The van der Waals surface area contributed by atoms with Crippen molar-refractivity contribution in [3.8, 4) is 0 Å². The zero-order valence-electron chi connectivity index (χ0n) is 14.5. The Kier molecular flexibility index (Phi) is 5.83. The van der Waals surface area contributed by atoms with E-state index < -0.39 is 0 Å². The van der Waals surface area contributed by atoms with E-state index in [1.807, 2.05) is 17.9 Å². The standard InChI is InChI=1S/C16H30N6/c1-12(2)21-10-14(4)15(11-21)20-16(17-5)18-6-7-22-9-13(3)8-19-22/h8-9,12,14-15H,6-7,10-11H2,1-5H3,(H2,17,18,20). The third kappa shape index (κ3) is 4.47. The van der Waals surface area contributed by atoms with Gasteiger partial charge in [-0.2, -0.15) is 5.10 Å². The molecule has 0 saturated carbocycles. The Morgan fingerprint density at radius 1 is 1.45 bits per heavy atom. The first-order chi connectivity index (χ1) is 10.5. The Balaban J connectivity index is 1.77. The average molecular weight is 306 g/mol. The van der Waals surface area contributed by atoms with Gasteiger partial charge in [0.05, 0.1) is 12.7 Å². The molecule has 0 aromatic carbocycles. The summed E-state index contributed by atoms with van der Waals surface area (Å²) in [6.07, 6.45) is 3.94. The molecule has 22 heavy (non-hydrogen) atoms. The predicted octanol–water partition coefficient (Wildman–Crippen LogP) is 1.09. The lowest BCUT2D eigenvalue weighted by atomic mass is 10.1. The van der Waals surface area contributed by atoms with Crippen molar-refractivity contribution in [3.05, 3.63) is 18.0 Å². The fourth-order valence-electron chi connectivity index (χ4n) is 2.86. The van der Waals surface area contributed by atoms with Gasteiger partial charge in [0.2, 0.25) is 0 Å². The SMILES string of the molecule is CN=C(NCCn1cc(C)cn1)NC1CN(C(C)C)CC1C. The normalized spacial score (nSPS) is 23.3. The highest BCUT2D eigenvalue weighted by atomic mass is 15.3. The highest BCUT2D eigenvalue weighted by Gasteiger charge is 2.31. The van der Waals surface area contributed by atoms with Crippen LogP contribution in [0.2, 0.25) is 0 Å². The van der Waals surface area contributed by atoms with Gasteiger partial charge in [0.25, 0.3) is 0 Å². The second kappa shape index (κ2) is 7.63. The first kappa shape index (κ1) is 16.8. The summed E-state index contributed by atoms with van der Waals surface area (Å²) in [6, 6.07) is 1.06. The van der Waals surface area contributed by atoms with Crippen molar-refractivity contribution in [1.29, 1.82) is 0 Å². The van der Waals surface area contributed by atoms with Crippen molar-refractivity contribution in [2.45, 2.75) is 46.3 Å². The summed E-state index contributed by atoms with van der Waals surface area (Å²) in [5.74, 6) is 1.51. The third-order valence-corrected chi connectivity index (χ3v) is 4.31. The molecule has 2 unspecified atom stereocenters. The van der Waals surface area contributed by atoms with E-state index >= 15 is 0 Å². The van der Waals surface area contributed by atoms with Crippen LogP contribution in [0.15, 0.2) is 17.4 Å². The fraction of sp³-hybridized carbons (Fsp3) is 0.750. The first-order valence-corrected chi connectivity index (χ1v) is 8.20. The Bertz CT molecular complexity index is 493. The molecule has 0 spiro atoms. The van der Waals surface area contributed by atoms with Gasteiger partial charge in [-0.3, -0.25) is 14.6 Å². The molecular formula is C16H30N6. The smallest absolute Gasteiger partial charge is 0.191 e. The fourth-order valence-corrected chi connectivity index (χ4v) is 2.86. The van der Waals surface area contributed by atoms with Gasteiger partial charge in [-0.05, 0) is 32.3 Å². The molecule has 0 aliphatic carbocycles. The maximum Gasteiger partial charge on any atom is 0.191 e. The van der Waals surface area contributed by atoms with E-state index in [0.717, 1.165) is 32.1 Å². The second-order valence-corrected chi connectivity index (χ2v) is 6.56. The summed E-state index contributed by atoms with van der Waals surface area (Å²) < 4.78 is 1.95. The van der Waals surface area contributed by atoms with E-state index in [0.29, 0.717) is 18.0 Å². The van der Waals surface area contributed by atoms with Crippen LogP contribution in [-0.4, -0.2) is 59.4 Å². The number of likely N-dealkylation sites (tertiary alicyclic amines) is 1. The van der Waals surface area contributed by atoms with Gasteiger partial charge < -0.3 is 10.6 Å². The molecule has 0 radical (unpaired) electrons. The lowest BCUT2D eigenvalue weighted by Crippen LogP contribution is -2.47. The molecule has 6 nitrogen and oxygen atoms in total. The minimum absolute atomic E-state index is 0.459. The van der Waals surface area contributed by atoms with Gasteiger partial charge in [-0.1, -0.05) is 6.92 Å². The number of nitrogens with one attached hydrogen (secondary N) is 2. The molecule has 2 rings (SSSR count). The molecule has 1 fully saturated rings. The predicted molar refractivity (Wildman–Crippen MR) is 91.1 cm³/mol. The molecular weight excluding hydrogens is 276 g/mol. The molecule has 1 aromatic heterocycles. The molecule has 124 valence electrons. The largest absolute Gasteiger partial charge is 0.355 e. The minimum atomic E-state index is 0.459. The van der Waals surface area contributed by atoms with E-state index in [9.17, 15) is 0 Å². The lowest BCUT2D eigenvalue weighted by molar-refractivity contribution is 0.265. The van der Waals surface area contributed by atoms with Crippen molar-refractivity contribution in [2.24, 2.45) is 10.9 Å². The number of rotatable bonds is 5. The molecule has 1 aromatic rings. The number of nitrogens with zero attached hydrogens (tertiary/aromatic N) is 4. The molecule has 2 heterocycles.